The maximum atomic E-state index is 12.7. The van der Waals surface area contributed by atoms with E-state index in [4.69, 9.17) is 0 Å². The van der Waals surface area contributed by atoms with Gasteiger partial charge in [-0.25, -0.2) is 14.3 Å². The van der Waals surface area contributed by atoms with E-state index >= 15 is 0 Å². The molecular formula is C20H17N5O2. The van der Waals surface area contributed by atoms with Crippen LogP contribution in [0.25, 0.3) is 16.7 Å². The number of hydrogen-bond donors (Lipinski definition) is 1. The van der Waals surface area contributed by atoms with Gasteiger partial charge < -0.3 is 0 Å². The van der Waals surface area contributed by atoms with E-state index in [9.17, 15) is 9.59 Å². The second-order valence-electron chi connectivity index (χ2n) is 6.36. The number of aromatic nitrogens is 4. The van der Waals surface area contributed by atoms with E-state index in [0.29, 0.717) is 16.6 Å². The van der Waals surface area contributed by atoms with Gasteiger partial charge in [-0.1, -0.05) is 35.4 Å². The Labute approximate surface area is 154 Å². The normalized spacial score (nSPS) is 10.9. The van der Waals surface area contributed by atoms with Crippen LogP contribution in [0, 0.1) is 13.8 Å². The number of nitrogens with one attached hydrogen (secondary N) is 1. The van der Waals surface area contributed by atoms with Crippen LogP contribution in [-0.2, 0) is 0 Å². The minimum atomic E-state index is -0.389. The highest BCUT2D eigenvalue weighted by atomic mass is 16.2. The first kappa shape index (κ1) is 16.7. The van der Waals surface area contributed by atoms with Crippen molar-refractivity contribution >= 4 is 16.9 Å². The molecule has 7 nitrogen and oxygen atoms in total. The van der Waals surface area contributed by atoms with Gasteiger partial charge in [-0.2, -0.15) is 5.10 Å². The van der Waals surface area contributed by atoms with Crippen molar-refractivity contribution in [1.82, 2.24) is 19.4 Å². The lowest BCUT2D eigenvalue weighted by atomic mass is 10.1. The Hall–Kier alpha value is -3.74. The molecule has 0 saturated carbocycles. The monoisotopic (exact) mass is 359 g/mol. The highest BCUT2D eigenvalue weighted by molar-refractivity contribution is 6.00. The molecule has 0 bridgehead atoms. The van der Waals surface area contributed by atoms with Crippen LogP contribution in [-0.4, -0.2) is 25.3 Å². The van der Waals surface area contributed by atoms with E-state index in [2.05, 4.69) is 15.5 Å². The van der Waals surface area contributed by atoms with Gasteiger partial charge in [0.15, 0.2) is 5.65 Å². The molecule has 7 heteroatoms. The van der Waals surface area contributed by atoms with Crippen LogP contribution in [0.15, 0.2) is 65.8 Å². The van der Waals surface area contributed by atoms with Crippen LogP contribution < -0.4 is 11.0 Å². The van der Waals surface area contributed by atoms with Crippen LogP contribution in [0.4, 0.5) is 0 Å². The Morgan fingerprint density at radius 2 is 1.81 bits per heavy atom. The number of carbonyl (C=O) groups is 1. The quantitative estimate of drug-likeness (QED) is 0.610. The third-order valence-corrected chi connectivity index (χ3v) is 4.27. The van der Waals surface area contributed by atoms with Crippen molar-refractivity contribution in [2.24, 2.45) is 0 Å². The molecule has 2 heterocycles. The second-order valence-corrected chi connectivity index (χ2v) is 6.36. The van der Waals surface area contributed by atoms with E-state index in [1.54, 1.807) is 22.9 Å². The molecule has 0 atom stereocenters. The Kier molecular flexibility index (Phi) is 4.04. The summed E-state index contributed by atoms with van der Waals surface area (Å²) in [5.41, 5.74) is 5.98. The molecule has 1 amide bonds. The zero-order valence-electron chi connectivity index (χ0n) is 14.9. The Balaban J connectivity index is 1.70. The number of carbonyl (C=O) groups excluding carboxylic acids is 1. The Morgan fingerprint density at radius 1 is 1.04 bits per heavy atom. The van der Waals surface area contributed by atoms with E-state index in [-0.39, 0.29) is 11.5 Å². The maximum Gasteiger partial charge on any atom is 0.283 e. The van der Waals surface area contributed by atoms with Crippen LogP contribution in [0.5, 0.6) is 0 Å². The van der Waals surface area contributed by atoms with Crippen molar-refractivity contribution in [2.45, 2.75) is 13.8 Å². The summed E-state index contributed by atoms with van der Waals surface area (Å²) < 4.78 is 2.68. The molecule has 2 aromatic heterocycles. The van der Waals surface area contributed by atoms with Crippen LogP contribution in [0.3, 0.4) is 0 Å². The zero-order valence-corrected chi connectivity index (χ0v) is 14.9. The van der Waals surface area contributed by atoms with Crippen molar-refractivity contribution in [1.29, 1.82) is 0 Å². The minimum absolute atomic E-state index is 0.322. The molecule has 27 heavy (non-hydrogen) atoms. The molecule has 134 valence electrons. The summed E-state index contributed by atoms with van der Waals surface area (Å²) in [6, 6.07) is 14.9. The van der Waals surface area contributed by atoms with Crippen LogP contribution in [0.2, 0.25) is 0 Å². The summed E-state index contributed by atoms with van der Waals surface area (Å²) in [6.07, 6.45) is 2.75. The fourth-order valence-electron chi connectivity index (χ4n) is 2.83. The van der Waals surface area contributed by atoms with Gasteiger partial charge in [0.05, 0.1) is 11.9 Å². The molecule has 0 aliphatic carbocycles. The topological polar surface area (TPSA) is 81.8 Å². The van der Waals surface area contributed by atoms with Gasteiger partial charge in [0.1, 0.15) is 11.7 Å². The number of nitrogens with zero attached hydrogens (tertiary/aromatic N) is 4. The molecule has 0 aliphatic heterocycles. The summed E-state index contributed by atoms with van der Waals surface area (Å²) in [6.45, 7) is 3.90. The molecule has 0 spiro atoms. The van der Waals surface area contributed by atoms with E-state index < -0.39 is 0 Å². The molecule has 4 rings (SSSR count). The number of rotatable bonds is 3. The minimum Gasteiger partial charge on any atom is -0.267 e. The van der Waals surface area contributed by atoms with Crippen LogP contribution >= 0.6 is 0 Å². The van der Waals surface area contributed by atoms with Gasteiger partial charge in [0.2, 0.25) is 0 Å². The number of fused-ring (bicyclic) bond motifs is 1. The van der Waals surface area contributed by atoms with Crippen molar-refractivity contribution in [2.75, 3.05) is 5.43 Å². The summed E-state index contributed by atoms with van der Waals surface area (Å²) in [5.74, 6) is -0.382. The average molecular weight is 359 g/mol. The van der Waals surface area contributed by atoms with Crippen LogP contribution in [0.1, 0.15) is 21.5 Å². The molecule has 0 fully saturated rings. The Morgan fingerprint density at radius 3 is 2.56 bits per heavy atom. The van der Waals surface area contributed by atoms with E-state index in [0.717, 1.165) is 21.5 Å². The van der Waals surface area contributed by atoms with Crippen molar-refractivity contribution < 1.29 is 4.79 Å². The third kappa shape index (κ3) is 3.10. The predicted octanol–water partition coefficient (Wildman–Crippen LogP) is 2.58. The summed E-state index contributed by atoms with van der Waals surface area (Å²) >= 11 is 0. The SMILES string of the molecule is Cc1ccc(-n2ncc3c(=O)n(NC(=O)c4cccc(C)c4)cnc32)cc1. The standard InChI is InChI=1S/C20H17N5O2/c1-13-6-8-16(9-7-13)25-18-17(11-22-25)20(27)24(12-21-18)23-19(26)15-5-3-4-14(2)10-15/h3-12H,1-2H3,(H,23,26). The number of hydrogen-bond acceptors (Lipinski definition) is 4. The first-order valence-corrected chi connectivity index (χ1v) is 8.43. The molecular weight excluding hydrogens is 342 g/mol. The molecule has 0 aliphatic rings. The third-order valence-electron chi connectivity index (χ3n) is 4.27. The highest BCUT2D eigenvalue weighted by Crippen LogP contribution is 2.14. The van der Waals surface area contributed by atoms with Gasteiger partial charge in [-0.05, 0) is 38.1 Å². The van der Waals surface area contributed by atoms with Gasteiger partial charge in [-0.3, -0.25) is 15.0 Å². The van der Waals surface area contributed by atoms with Gasteiger partial charge >= 0.3 is 0 Å². The number of amides is 1. The fraction of sp³-hybridized carbons (Fsp3) is 0.100. The van der Waals surface area contributed by atoms with Crippen molar-refractivity contribution in [3.8, 4) is 5.69 Å². The molecule has 0 saturated heterocycles. The first-order valence-electron chi connectivity index (χ1n) is 8.43. The molecule has 1 N–H and O–H groups in total. The van der Waals surface area contributed by atoms with Gasteiger partial charge in [0.25, 0.3) is 11.5 Å². The van der Waals surface area contributed by atoms with Gasteiger partial charge in [0, 0.05) is 5.56 Å². The molecule has 2 aromatic carbocycles. The lowest BCUT2D eigenvalue weighted by Gasteiger charge is -2.08. The molecule has 4 aromatic rings. The predicted molar refractivity (Wildman–Crippen MR) is 103 cm³/mol. The maximum absolute atomic E-state index is 12.7. The largest absolute Gasteiger partial charge is 0.283 e. The summed E-state index contributed by atoms with van der Waals surface area (Å²) in [5, 5.41) is 4.60. The average Bonchev–Trinajstić information content (AvgIpc) is 3.09. The lowest BCUT2D eigenvalue weighted by molar-refractivity contribution is 0.101. The Bertz CT molecular complexity index is 1210. The molecule has 0 radical (unpaired) electrons. The zero-order chi connectivity index (χ0) is 19.0. The van der Waals surface area contributed by atoms with E-state index in [1.165, 1.54) is 12.5 Å². The number of aryl methyl sites for hydroxylation is 2. The smallest absolute Gasteiger partial charge is 0.267 e. The van der Waals surface area contributed by atoms with E-state index in [1.807, 2.05) is 44.2 Å². The van der Waals surface area contributed by atoms with Crippen molar-refractivity contribution in [3.05, 3.63) is 88.1 Å². The highest BCUT2D eigenvalue weighted by Gasteiger charge is 2.13. The van der Waals surface area contributed by atoms with Gasteiger partial charge in [-0.15, -0.1) is 0 Å². The molecule has 0 unspecified atom stereocenters. The number of benzene rings is 2. The fourth-order valence-corrected chi connectivity index (χ4v) is 2.83. The second kappa shape index (κ2) is 6.53. The summed E-state index contributed by atoms with van der Waals surface area (Å²) in [4.78, 5) is 29.4. The first-order chi connectivity index (χ1) is 13.0. The lowest BCUT2D eigenvalue weighted by Crippen LogP contribution is -2.33. The van der Waals surface area contributed by atoms with Crippen molar-refractivity contribution in [3.63, 3.8) is 0 Å². The summed E-state index contributed by atoms with van der Waals surface area (Å²) in [7, 11) is 0.